The van der Waals surface area contributed by atoms with Gasteiger partial charge in [0.2, 0.25) is 5.91 Å². The van der Waals surface area contributed by atoms with Crippen LogP contribution in [-0.4, -0.2) is 49.6 Å². The summed E-state index contributed by atoms with van der Waals surface area (Å²) in [4.78, 5) is 25.7. The number of benzene rings is 1. The highest BCUT2D eigenvalue weighted by Crippen LogP contribution is 2.26. The average Bonchev–Trinajstić information content (AvgIpc) is 2.27. The van der Waals surface area contributed by atoms with Crippen molar-refractivity contribution in [3.63, 3.8) is 0 Å². The Bertz CT molecular complexity index is 472. The lowest BCUT2D eigenvalue weighted by molar-refractivity contribution is -0.127. The number of anilines is 2. The van der Waals surface area contributed by atoms with E-state index >= 15 is 0 Å². The Morgan fingerprint density at radius 2 is 1.89 bits per heavy atom. The van der Waals surface area contributed by atoms with Crippen molar-refractivity contribution < 1.29 is 14.7 Å². The third-order valence-electron chi connectivity index (χ3n) is 2.55. The Morgan fingerprint density at radius 1 is 1.28 bits per heavy atom. The van der Waals surface area contributed by atoms with Crippen LogP contribution in [0, 0.1) is 0 Å². The number of amides is 1. The van der Waals surface area contributed by atoms with Crippen molar-refractivity contribution in [2.75, 3.05) is 38.3 Å². The smallest absolute Gasteiger partial charge is 0.337 e. The lowest BCUT2D eigenvalue weighted by Crippen LogP contribution is -2.35. The summed E-state index contributed by atoms with van der Waals surface area (Å²) in [5.41, 5.74) is 6.57. The van der Waals surface area contributed by atoms with Crippen molar-refractivity contribution >= 4 is 23.3 Å². The first kappa shape index (κ1) is 13.8. The molecule has 1 aromatic rings. The summed E-state index contributed by atoms with van der Waals surface area (Å²) < 4.78 is 0. The van der Waals surface area contributed by atoms with Gasteiger partial charge < -0.3 is 20.6 Å². The van der Waals surface area contributed by atoms with E-state index in [2.05, 4.69) is 0 Å². The molecule has 0 aliphatic rings. The second-order valence-electron chi connectivity index (χ2n) is 4.19. The number of nitrogen functional groups attached to an aromatic ring is 1. The summed E-state index contributed by atoms with van der Waals surface area (Å²) in [5.74, 6) is -1.20. The lowest BCUT2D eigenvalue weighted by Gasteiger charge is -2.23. The summed E-state index contributed by atoms with van der Waals surface area (Å²) in [6.07, 6.45) is 0. The van der Waals surface area contributed by atoms with Crippen LogP contribution in [0.3, 0.4) is 0 Å². The maximum Gasteiger partial charge on any atom is 0.337 e. The molecule has 98 valence electrons. The molecule has 1 amide bonds. The van der Waals surface area contributed by atoms with Crippen molar-refractivity contribution in [1.29, 1.82) is 0 Å². The molecule has 0 radical (unpaired) electrons. The minimum Gasteiger partial charge on any atom is -0.478 e. The molecule has 0 aromatic heterocycles. The van der Waals surface area contributed by atoms with Gasteiger partial charge in [0.15, 0.2) is 0 Å². The van der Waals surface area contributed by atoms with E-state index < -0.39 is 5.97 Å². The number of likely N-dealkylation sites (N-methyl/N-ethyl adjacent to an activating group) is 2. The minimum absolute atomic E-state index is 0.0709. The van der Waals surface area contributed by atoms with Crippen LogP contribution in [0.5, 0.6) is 0 Å². The van der Waals surface area contributed by atoms with Crippen molar-refractivity contribution in [3.05, 3.63) is 23.8 Å². The first-order valence-corrected chi connectivity index (χ1v) is 5.37. The first-order chi connectivity index (χ1) is 8.34. The quantitative estimate of drug-likeness (QED) is 0.760. The van der Waals surface area contributed by atoms with Crippen molar-refractivity contribution in [2.24, 2.45) is 0 Å². The minimum atomic E-state index is -1.07. The molecule has 0 saturated heterocycles. The van der Waals surface area contributed by atoms with Crippen LogP contribution >= 0.6 is 0 Å². The molecule has 0 unspecified atom stereocenters. The molecule has 3 N–H and O–H groups in total. The zero-order valence-electron chi connectivity index (χ0n) is 10.7. The molecule has 0 saturated carbocycles. The van der Waals surface area contributed by atoms with Crippen LogP contribution in [0.4, 0.5) is 11.4 Å². The Balaban J connectivity index is 3.08. The average molecular weight is 251 g/mol. The van der Waals surface area contributed by atoms with Crippen LogP contribution in [-0.2, 0) is 4.79 Å². The number of rotatable bonds is 4. The van der Waals surface area contributed by atoms with Crippen molar-refractivity contribution in [2.45, 2.75) is 0 Å². The van der Waals surface area contributed by atoms with Crippen LogP contribution in [0.2, 0.25) is 0 Å². The number of carbonyl (C=O) groups excluding carboxylic acids is 1. The largest absolute Gasteiger partial charge is 0.478 e. The fraction of sp³-hybridized carbons (Fsp3) is 0.333. The van der Waals surface area contributed by atoms with E-state index in [9.17, 15) is 9.59 Å². The monoisotopic (exact) mass is 251 g/mol. The zero-order valence-corrected chi connectivity index (χ0v) is 10.7. The molecular weight excluding hydrogens is 234 g/mol. The maximum absolute atomic E-state index is 11.6. The molecule has 0 spiro atoms. The number of hydrogen-bond donors (Lipinski definition) is 2. The van der Waals surface area contributed by atoms with Gasteiger partial charge in [-0.2, -0.15) is 0 Å². The molecule has 1 rings (SSSR count). The SMILES string of the molecule is CN(C)C(=O)CN(C)c1c(N)cccc1C(=O)O. The Morgan fingerprint density at radius 3 is 2.39 bits per heavy atom. The van der Waals surface area contributed by atoms with Gasteiger partial charge >= 0.3 is 5.97 Å². The number of carboxylic acid groups (broad SMARTS) is 1. The van der Waals surface area contributed by atoms with Gasteiger partial charge in [-0.15, -0.1) is 0 Å². The normalized spacial score (nSPS) is 9.94. The molecule has 0 aliphatic heterocycles. The van der Waals surface area contributed by atoms with Crippen molar-refractivity contribution in [3.8, 4) is 0 Å². The number of nitrogens with two attached hydrogens (primary N) is 1. The van der Waals surface area contributed by atoms with E-state index in [-0.39, 0.29) is 18.0 Å². The standard InChI is InChI=1S/C12H17N3O3/c1-14(2)10(16)7-15(3)11-8(12(17)18)5-4-6-9(11)13/h4-6H,7,13H2,1-3H3,(H,17,18). The number of hydrogen-bond acceptors (Lipinski definition) is 4. The fourth-order valence-electron chi connectivity index (χ4n) is 1.58. The molecule has 18 heavy (non-hydrogen) atoms. The second kappa shape index (κ2) is 5.39. The predicted octanol–water partition coefficient (Wildman–Crippen LogP) is 0.491. The number of nitrogens with zero attached hydrogens (tertiary/aromatic N) is 2. The zero-order chi connectivity index (χ0) is 13.9. The number of carboxylic acids is 1. The summed E-state index contributed by atoms with van der Waals surface area (Å²) >= 11 is 0. The van der Waals surface area contributed by atoms with E-state index in [4.69, 9.17) is 10.8 Å². The molecular formula is C12H17N3O3. The van der Waals surface area contributed by atoms with Gasteiger partial charge in [-0.25, -0.2) is 4.79 Å². The van der Waals surface area contributed by atoms with E-state index in [1.54, 1.807) is 38.2 Å². The van der Waals surface area contributed by atoms with Crippen LogP contribution in [0.1, 0.15) is 10.4 Å². The molecule has 0 heterocycles. The summed E-state index contributed by atoms with van der Waals surface area (Å²) in [5, 5.41) is 9.10. The van der Waals surface area contributed by atoms with Gasteiger partial charge in [-0.3, -0.25) is 4.79 Å². The molecule has 0 bridgehead atoms. The highest BCUT2D eigenvalue weighted by atomic mass is 16.4. The van der Waals surface area contributed by atoms with Crippen LogP contribution in [0.25, 0.3) is 0 Å². The summed E-state index contributed by atoms with van der Waals surface area (Å²) in [7, 11) is 4.92. The molecule has 0 atom stereocenters. The Labute approximate surface area is 106 Å². The molecule has 6 heteroatoms. The summed E-state index contributed by atoms with van der Waals surface area (Å²) in [6, 6.07) is 4.65. The first-order valence-electron chi connectivity index (χ1n) is 5.37. The van der Waals surface area contributed by atoms with Gasteiger partial charge in [0, 0.05) is 21.1 Å². The van der Waals surface area contributed by atoms with E-state index in [1.807, 2.05) is 0 Å². The van der Waals surface area contributed by atoms with Gasteiger partial charge in [0.25, 0.3) is 0 Å². The van der Waals surface area contributed by atoms with Gasteiger partial charge in [-0.05, 0) is 12.1 Å². The second-order valence-corrected chi connectivity index (χ2v) is 4.19. The van der Waals surface area contributed by atoms with Gasteiger partial charge in [0.05, 0.1) is 23.5 Å². The van der Waals surface area contributed by atoms with Gasteiger partial charge in [-0.1, -0.05) is 6.07 Å². The number of para-hydroxylation sites is 1. The molecule has 0 fully saturated rings. The Hall–Kier alpha value is -2.24. The van der Waals surface area contributed by atoms with Gasteiger partial charge in [0.1, 0.15) is 0 Å². The third-order valence-corrected chi connectivity index (χ3v) is 2.55. The number of aromatic carboxylic acids is 1. The highest BCUT2D eigenvalue weighted by molar-refractivity contribution is 5.98. The fourth-order valence-corrected chi connectivity index (χ4v) is 1.58. The maximum atomic E-state index is 11.6. The third kappa shape index (κ3) is 2.91. The highest BCUT2D eigenvalue weighted by Gasteiger charge is 2.18. The topological polar surface area (TPSA) is 86.9 Å². The van der Waals surface area contributed by atoms with Crippen LogP contribution in [0.15, 0.2) is 18.2 Å². The lowest BCUT2D eigenvalue weighted by atomic mass is 10.1. The molecule has 1 aromatic carbocycles. The molecule has 6 nitrogen and oxygen atoms in total. The van der Waals surface area contributed by atoms with E-state index in [1.165, 1.54) is 11.0 Å². The Kier molecular flexibility index (Phi) is 4.14. The molecule has 0 aliphatic carbocycles. The van der Waals surface area contributed by atoms with E-state index in [0.717, 1.165) is 0 Å². The predicted molar refractivity (Wildman–Crippen MR) is 69.8 cm³/mol. The van der Waals surface area contributed by atoms with Crippen LogP contribution < -0.4 is 10.6 Å². The summed E-state index contributed by atoms with van der Waals surface area (Å²) in [6.45, 7) is 0.0709. The van der Waals surface area contributed by atoms with Crippen molar-refractivity contribution in [1.82, 2.24) is 4.90 Å². The number of carbonyl (C=O) groups is 2. The van der Waals surface area contributed by atoms with E-state index in [0.29, 0.717) is 11.4 Å².